The lowest BCUT2D eigenvalue weighted by Crippen LogP contribution is -2.41. The van der Waals surface area contributed by atoms with Gasteiger partial charge in [0, 0.05) is 13.2 Å². The van der Waals surface area contributed by atoms with Gasteiger partial charge in [-0.1, -0.05) is 12.2 Å². The molecule has 2 N–H and O–H groups in total. The van der Waals surface area contributed by atoms with E-state index < -0.39 is 0 Å². The van der Waals surface area contributed by atoms with E-state index in [4.69, 9.17) is 22.7 Å². The minimum absolute atomic E-state index is 0.190. The van der Waals surface area contributed by atoms with E-state index in [9.17, 15) is 0 Å². The average Bonchev–Trinajstić information content (AvgIpc) is 2.55. The van der Waals surface area contributed by atoms with Crippen molar-refractivity contribution in [2.75, 3.05) is 26.8 Å². The highest BCUT2D eigenvalue weighted by molar-refractivity contribution is 7.80. The Balaban J connectivity index is 2.30. The van der Waals surface area contributed by atoms with Crippen molar-refractivity contribution in [2.45, 2.75) is 19.4 Å². The second-order valence-corrected chi connectivity index (χ2v) is 4.22. The van der Waals surface area contributed by atoms with Crippen LogP contribution in [0, 0.1) is 5.92 Å². The van der Waals surface area contributed by atoms with Gasteiger partial charge in [0.15, 0.2) is 0 Å². The molecule has 0 spiro atoms. The minimum atomic E-state index is 0.190. The molecule has 1 rings (SSSR count). The van der Waals surface area contributed by atoms with Crippen LogP contribution in [0.4, 0.5) is 0 Å². The van der Waals surface area contributed by atoms with E-state index in [1.807, 2.05) is 6.92 Å². The van der Waals surface area contributed by atoms with Crippen molar-refractivity contribution in [3.05, 3.63) is 0 Å². The van der Waals surface area contributed by atoms with Gasteiger partial charge >= 0.3 is 0 Å². The van der Waals surface area contributed by atoms with Gasteiger partial charge < -0.3 is 10.5 Å². The Kier molecular flexibility index (Phi) is 4.09. The number of ether oxygens (including phenoxy) is 1. The van der Waals surface area contributed by atoms with E-state index in [2.05, 4.69) is 11.9 Å². The second-order valence-electron chi connectivity index (χ2n) is 3.75. The SMILES string of the molecule is CC(C(N)=S)N(C)CC1CCOC1. The summed E-state index contributed by atoms with van der Waals surface area (Å²) in [6.45, 7) is 4.85. The van der Waals surface area contributed by atoms with Gasteiger partial charge in [-0.15, -0.1) is 0 Å². The molecule has 0 saturated carbocycles. The van der Waals surface area contributed by atoms with Gasteiger partial charge in [-0.3, -0.25) is 4.90 Å². The molecule has 0 aromatic rings. The summed E-state index contributed by atoms with van der Waals surface area (Å²) in [4.78, 5) is 2.77. The van der Waals surface area contributed by atoms with Crippen LogP contribution in [0.2, 0.25) is 0 Å². The number of hydrogen-bond donors (Lipinski definition) is 1. The summed E-state index contributed by atoms with van der Waals surface area (Å²) < 4.78 is 5.31. The fourth-order valence-corrected chi connectivity index (χ4v) is 1.69. The third-order valence-corrected chi connectivity index (χ3v) is 2.98. The molecule has 0 aromatic heterocycles. The smallest absolute Gasteiger partial charge is 0.0899 e. The van der Waals surface area contributed by atoms with Crippen LogP contribution in [0.1, 0.15) is 13.3 Å². The van der Waals surface area contributed by atoms with Crippen molar-refractivity contribution in [1.29, 1.82) is 0 Å². The van der Waals surface area contributed by atoms with Crippen molar-refractivity contribution < 1.29 is 4.74 Å². The molecule has 2 unspecified atom stereocenters. The quantitative estimate of drug-likeness (QED) is 0.679. The molecule has 1 aliphatic heterocycles. The van der Waals surface area contributed by atoms with Gasteiger partial charge in [0.05, 0.1) is 17.6 Å². The number of hydrogen-bond acceptors (Lipinski definition) is 3. The molecule has 0 aromatic carbocycles. The van der Waals surface area contributed by atoms with Gasteiger partial charge in [0.25, 0.3) is 0 Å². The lowest BCUT2D eigenvalue weighted by atomic mass is 10.1. The molecule has 0 aliphatic carbocycles. The van der Waals surface area contributed by atoms with Crippen LogP contribution in [0.5, 0.6) is 0 Å². The van der Waals surface area contributed by atoms with Crippen LogP contribution in [0.3, 0.4) is 0 Å². The van der Waals surface area contributed by atoms with Crippen LogP contribution in [0.15, 0.2) is 0 Å². The maximum atomic E-state index is 5.57. The standard InChI is InChI=1S/C9H18N2OS/c1-7(9(10)13)11(2)5-8-3-4-12-6-8/h7-8H,3-6H2,1-2H3,(H2,10,13). The molecule has 1 fully saturated rings. The fourth-order valence-electron chi connectivity index (χ4n) is 1.51. The van der Waals surface area contributed by atoms with Gasteiger partial charge in [0.1, 0.15) is 0 Å². The van der Waals surface area contributed by atoms with E-state index in [1.54, 1.807) is 0 Å². The third kappa shape index (κ3) is 3.21. The summed E-state index contributed by atoms with van der Waals surface area (Å²) in [5.74, 6) is 0.654. The predicted molar refractivity (Wildman–Crippen MR) is 57.8 cm³/mol. The summed E-state index contributed by atoms with van der Waals surface area (Å²) in [5, 5.41) is 0. The first-order chi connectivity index (χ1) is 6.11. The normalized spacial score (nSPS) is 25.0. The maximum absolute atomic E-state index is 5.57. The predicted octanol–water partition coefficient (Wildman–Crippen LogP) is 0.629. The Bertz CT molecular complexity index is 180. The van der Waals surface area contributed by atoms with Gasteiger partial charge in [-0.05, 0) is 26.3 Å². The Morgan fingerprint density at radius 2 is 2.46 bits per heavy atom. The van der Waals surface area contributed by atoms with E-state index in [-0.39, 0.29) is 6.04 Å². The number of thiocarbonyl (C=S) groups is 1. The lowest BCUT2D eigenvalue weighted by molar-refractivity contribution is 0.171. The number of nitrogens with two attached hydrogens (primary N) is 1. The monoisotopic (exact) mass is 202 g/mol. The molecule has 13 heavy (non-hydrogen) atoms. The van der Waals surface area contributed by atoms with Crippen LogP contribution >= 0.6 is 12.2 Å². The van der Waals surface area contributed by atoms with Crippen molar-refractivity contribution in [2.24, 2.45) is 11.7 Å². The first-order valence-electron chi connectivity index (χ1n) is 4.68. The molecular weight excluding hydrogens is 184 g/mol. The molecule has 1 heterocycles. The van der Waals surface area contributed by atoms with Crippen LogP contribution in [0.25, 0.3) is 0 Å². The highest BCUT2D eigenvalue weighted by atomic mass is 32.1. The van der Waals surface area contributed by atoms with E-state index in [1.165, 1.54) is 0 Å². The van der Waals surface area contributed by atoms with Crippen LogP contribution in [-0.2, 0) is 4.74 Å². The lowest BCUT2D eigenvalue weighted by Gasteiger charge is -2.25. The van der Waals surface area contributed by atoms with Gasteiger partial charge in [-0.2, -0.15) is 0 Å². The molecule has 3 nitrogen and oxygen atoms in total. The van der Waals surface area contributed by atoms with Crippen molar-refractivity contribution in [3.8, 4) is 0 Å². The number of likely N-dealkylation sites (N-methyl/N-ethyl adjacent to an activating group) is 1. The third-order valence-electron chi connectivity index (χ3n) is 2.64. The zero-order valence-corrected chi connectivity index (χ0v) is 9.14. The first kappa shape index (κ1) is 10.9. The highest BCUT2D eigenvalue weighted by Gasteiger charge is 2.20. The fraction of sp³-hybridized carbons (Fsp3) is 0.889. The Hall–Kier alpha value is -0.190. The zero-order valence-electron chi connectivity index (χ0n) is 8.32. The molecule has 1 aliphatic rings. The average molecular weight is 202 g/mol. The van der Waals surface area contributed by atoms with Gasteiger partial charge in [-0.25, -0.2) is 0 Å². The van der Waals surface area contributed by atoms with E-state index >= 15 is 0 Å². The van der Waals surface area contributed by atoms with Crippen molar-refractivity contribution in [1.82, 2.24) is 4.90 Å². The minimum Gasteiger partial charge on any atom is -0.392 e. The summed E-state index contributed by atoms with van der Waals surface area (Å²) in [7, 11) is 2.06. The molecule has 0 bridgehead atoms. The highest BCUT2D eigenvalue weighted by Crippen LogP contribution is 2.14. The zero-order chi connectivity index (χ0) is 9.84. The largest absolute Gasteiger partial charge is 0.392 e. The van der Waals surface area contributed by atoms with Crippen molar-refractivity contribution in [3.63, 3.8) is 0 Å². The topological polar surface area (TPSA) is 38.5 Å². The molecule has 0 radical (unpaired) electrons. The summed E-state index contributed by atoms with van der Waals surface area (Å²) in [6.07, 6.45) is 1.16. The van der Waals surface area contributed by atoms with E-state index in [0.29, 0.717) is 10.9 Å². The summed E-state index contributed by atoms with van der Waals surface area (Å²) in [6, 6.07) is 0.190. The van der Waals surface area contributed by atoms with Gasteiger partial charge in [0.2, 0.25) is 0 Å². The summed E-state index contributed by atoms with van der Waals surface area (Å²) in [5.41, 5.74) is 5.57. The molecular formula is C9H18N2OS. The number of rotatable bonds is 4. The summed E-state index contributed by atoms with van der Waals surface area (Å²) >= 11 is 4.94. The molecule has 4 heteroatoms. The van der Waals surface area contributed by atoms with Crippen molar-refractivity contribution >= 4 is 17.2 Å². The Morgan fingerprint density at radius 3 is 2.92 bits per heavy atom. The maximum Gasteiger partial charge on any atom is 0.0899 e. The molecule has 2 atom stereocenters. The molecule has 0 amide bonds. The number of nitrogens with zero attached hydrogens (tertiary/aromatic N) is 1. The first-order valence-corrected chi connectivity index (χ1v) is 5.09. The molecule has 1 saturated heterocycles. The Morgan fingerprint density at radius 1 is 1.77 bits per heavy atom. The van der Waals surface area contributed by atoms with Crippen LogP contribution < -0.4 is 5.73 Å². The second kappa shape index (κ2) is 4.88. The van der Waals surface area contributed by atoms with E-state index in [0.717, 1.165) is 26.2 Å². The Labute approximate surface area is 85.2 Å². The molecule has 76 valence electrons. The van der Waals surface area contributed by atoms with Crippen LogP contribution in [-0.4, -0.2) is 42.7 Å².